The molecule has 1 aromatic heterocycles. The molecule has 4 nitrogen and oxygen atoms in total. The molecule has 2 aromatic carbocycles. The van der Waals surface area contributed by atoms with Crippen LogP contribution in [0.15, 0.2) is 60.9 Å². The molecule has 1 aliphatic rings. The fraction of sp³-hybridized carbons (Fsp3) is 0.182. The highest BCUT2D eigenvalue weighted by Crippen LogP contribution is 2.27. The van der Waals surface area contributed by atoms with Gasteiger partial charge in [-0.1, -0.05) is 35.3 Å². The first-order chi connectivity index (χ1) is 13.6. The highest BCUT2D eigenvalue weighted by atomic mass is 35.5. The first kappa shape index (κ1) is 18.8. The molecule has 0 atom stereocenters. The van der Waals surface area contributed by atoms with Crippen molar-refractivity contribution in [1.29, 1.82) is 0 Å². The predicted molar refractivity (Wildman–Crippen MR) is 114 cm³/mol. The average Bonchev–Trinajstić information content (AvgIpc) is 2.93. The summed E-state index contributed by atoms with van der Waals surface area (Å²) in [4.78, 5) is 18.7. The van der Waals surface area contributed by atoms with Crippen molar-refractivity contribution in [2.24, 2.45) is 0 Å². The van der Waals surface area contributed by atoms with Gasteiger partial charge in [-0.05, 0) is 71.5 Å². The number of nitrogens with one attached hydrogen (secondary N) is 1. The molecule has 3 aromatic rings. The predicted octanol–water partition coefficient (Wildman–Crippen LogP) is 6.04. The SMILES string of the molecule is O=C(Nc1ccc(Cl)c(Cl)c1)N1CCCc2ccc(-c3ccncc3)cc2C1. The maximum atomic E-state index is 12.8. The van der Waals surface area contributed by atoms with Crippen LogP contribution in [0.3, 0.4) is 0 Å². The fourth-order valence-electron chi connectivity index (χ4n) is 3.44. The number of aromatic nitrogens is 1. The van der Waals surface area contributed by atoms with Crippen LogP contribution in [0.25, 0.3) is 11.1 Å². The molecule has 1 aliphatic heterocycles. The molecular formula is C22H19Cl2N3O. The summed E-state index contributed by atoms with van der Waals surface area (Å²) >= 11 is 12.0. The van der Waals surface area contributed by atoms with E-state index in [2.05, 4.69) is 28.5 Å². The van der Waals surface area contributed by atoms with Crippen molar-refractivity contribution in [3.8, 4) is 11.1 Å². The second-order valence-corrected chi connectivity index (χ2v) is 7.62. The summed E-state index contributed by atoms with van der Waals surface area (Å²) in [5.41, 5.74) is 5.36. The number of amides is 2. The number of pyridine rings is 1. The first-order valence-electron chi connectivity index (χ1n) is 9.13. The van der Waals surface area contributed by atoms with Gasteiger partial charge in [-0.25, -0.2) is 4.79 Å². The zero-order chi connectivity index (χ0) is 19.5. The molecule has 0 radical (unpaired) electrons. The smallest absolute Gasteiger partial charge is 0.320 e. The summed E-state index contributed by atoms with van der Waals surface area (Å²) in [5, 5.41) is 3.80. The second-order valence-electron chi connectivity index (χ2n) is 6.80. The summed E-state index contributed by atoms with van der Waals surface area (Å²) in [6.07, 6.45) is 5.47. The van der Waals surface area contributed by atoms with Gasteiger partial charge >= 0.3 is 6.03 Å². The number of rotatable bonds is 2. The van der Waals surface area contributed by atoms with Crippen LogP contribution in [0.4, 0.5) is 10.5 Å². The Morgan fingerprint density at radius 1 is 0.929 bits per heavy atom. The molecule has 0 saturated heterocycles. The van der Waals surface area contributed by atoms with Crippen LogP contribution in [0.5, 0.6) is 0 Å². The third-order valence-corrected chi connectivity index (χ3v) is 5.65. The number of anilines is 1. The Morgan fingerprint density at radius 3 is 2.54 bits per heavy atom. The number of aryl methyl sites for hydroxylation is 1. The zero-order valence-corrected chi connectivity index (χ0v) is 16.7. The van der Waals surface area contributed by atoms with Gasteiger partial charge in [0.05, 0.1) is 10.0 Å². The van der Waals surface area contributed by atoms with Crippen molar-refractivity contribution >= 4 is 34.9 Å². The lowest BCUT2D eigenvalue weighted by molar-refractivity contribution is 0.210. The summed E-state index contributed by atoms with van der Waals surface area (Å²) in [7, 11) is 0. The lowest BCUT2D eigenvalue weighted by atomic mass is 9.98. The van der Waals surface area contributed by atoms with E-state index in [1.165, 1.54) is 11.1 Å². The molecule has 0 spiro atoms. The van der Waals surface area contributed by atoms with Crippen molar-refractivity contribution < 1.29 is 4.79 Å². The highest BCUT2D eigenvalue weighted by molar-refractivity contribution is 6.42. The largest absolute Gasteiger partial charge is 0.322 e. The molecule has 0 saturated carbocycles. The number of nitrogens with zero attached hydrogens (tertiary/aromatic N) is 2. The van der Waals surface area contributed by atoms with Crippen molar-refractivity contribution in [3.05, 3.63) is 82.1 Å². The lowest BCUT2D eigenvalue weighted by Crippen LogP contribution is -2.34. The number of halogens is 2. The quantitative estimate of drug-likeness (QED) is 0.558. The summed E-state index contributed by atoms with van der Waals surface area (Å²) < 4.78 is 0. The number of hydrogen-bond donors (Lipinski definition) is 1. The van der Waals surface area contributed by atoms with Crippen molar-refractivity contribution in [1.82, 2.24) is 9.88 Å². The Balaban J connectivity index is 1.55. The van der Waals surface area contributed by atoms with Crippen LogP contribution in [-0.2, 0) is 13.0 Å². The normalized spacial score (nSPS) is 13.6. The number of fused-ring (bicyclic) bond motifs is 1. The van der Waals surface area contributed by atoms with Crippen LogP contribution in [0, 0.1) is 0 Å². The summed E-state index contributed by atoms with van der Waals surface area (Å²) in [5.74, 6) is 0. The standard InChI is InChI=1S/C22H19Cl2N3O/c23-20-6-5-19(13-21(20)24)26-22(28)27-11-1-2-15-3-4-17(12-18(15)14-27)16-7-9-25-10-8-16/h3-10,12-13H,1-2,11,14H2,(H,26,28). The Bertz CT molecular complexity index is 1010. The van der Waals surface area contributed by atoms with E-state index in [0.717, 1.165) is 24.0 Å². The van der Waals surface area contributed by atoms with Crippen LogP contribution in [0.2, 0.25) is 10.0 Å². The molecule has 2 amide bonds. The average molecular weight is 412 g/mol. The lowest BCUT2D eigenvalue weighted by Gasteiger charge is -2.22. The third kappa shape index (κ3) is 4.13. The number of carbonyl (C=O) groups is 1. The van der Waals surface area contributed by atoms with Crippen LogP contribution >= 0.6 is 23.2 Å². The second kappa shape index (κ2) is 8.21. The molecule has 142 valence electrons. The van der Waals surface area contributed by atoms with E-state index in [-0.39, 0.29) is 6.03 Å². The molecule has 4 rings (SSSR count). The van der Waals surface area contributed by atoms with Gasteiger partial charge in [0.25, 0.3) is 0 Å². The molecular weight excluding hydrogens is 393 g/mol. The molecule has 6 heteroatoms. The van der Waals surface area contributed by atoms with Gasteiger partial charge in [0.2, 0.25) is 0 Å². The minimum absolute atomic E-state index is 0.138. The number of hydrogen-bond acceptors (Lipinski definition) is 2. The van der Waals surface area contributed by atoms with Crippen molar-refractivity contribution in [3.63, 3.8) is 0 Å². The van der Waals surface area contributed by atoms with Gasteiger partial charge < -0.3 is 10.2 Å². The number of carbonyl (C=O) groups excluding carboxylic acids is 1. The number of urea groups is 1. The summed E-state index contributed by atoms with van der Waals surface area (Å²) in [6.45, 7) is 1.27. The first-order valence-corrected chi connectivity index (χ1v) is 9.89. The Kier molecular flexibility index (Phi) is 5.51. The zero-order valence-electron chi connectivity index (χ0n) is 15.2. The van der Waals surface area contributed by atoms with E-state index in [1.54, 1.807) is 30.6 Å². The van der Waals surface area contributed by atoms with E-state index in [0.29, 0.717) is 28.8 Å². The van der Waals surface area contributed by atoms with Crippen LogP contribution < -0.4 is 5.32 Å². The van der Waals surface area contributed by atoms with Gasteiger partial charge in [-0.2, -0.15) is 0 Å². The molecule has 0 bridgehead atoms. The molecule has 2 heterocycles. The van der Waals surface area contributed by atoms with E-state index < -0.39 is 0 Å². The third-order valence-electron chi connectivity index (χ3n) is 4.91. The Morgan fingerprint density at radius 2 is 1.75 bits per heavy atom. The Hall–Kier alpha value is -2.56. The van der Waals surface area contributed by atoms with E-state index in [9.17, 15) is 4.79 Å². The van der Waals surface area contributed by atoms with Gasteiger partial charge in [-0.15, -0.1) is 0 Å². The monoisotopic (exact) mass is 411 g/mol. The van der Waals surface area contributed by atoms with E-state index in [4.69, 9.17) is 23.2 Å². The van der Waals surface area contributed by atoms with Gasteiger partial charge in [0, 0.05) is 31.2 Å². The molecule has 1 N–H and O–H groups in total. The minimum Gasteiger partial charge on any atom is -0.320 e. The topological polar surface area (TPSA) is 45.2 Å². The molecule has 0 aliphatic carbocycles. The Labute approximate surface area is 174 Å². The van der Waals surface area contributed by atoms with E-state index in [1.807, 2.05) is 17.0 Å². The molecule has 28 heavy (non-hydrogen) atoms. The van der Waals surface area contributed by atoms with Gasteiger partial charge in [-0.3, -0.25) is 4.98 Å². The number of benzene rings is 2. The summed E-state index contributed by atoms with van der Waals surface area (Å²) in [6, 6.07) is 15.4. The molecule has 0 fully saturated rings. The highest BCUT2D eigenvalue weighted by Gasteiger charge is 2.20. The van der Waals surface area contributed by atoms with Crippen LogP contribution in [-0.4, -0.2) is 22.5 Å². The maximum absolute atomic E-state index is 12.8. The maximum Gasteiger partial charge on any atom is 0.322 e. The van der Waals surface area contributed by atoms with Gasteiger partial charge in [0.15, 0.2) is 0 Å². The van der Waals surface area contributed by atoms with E-state index >= 15 is 0 Å². The van der Waals surface area contributed by atoms with Gasteiger partial charge in [0.1, 0.15) is 0 Å². The fourth-order valence-corrected chi connectivity index (χ4v) is 3.73. The minimum atomic E-state index is -0.138. The van der Waals surface area contributed by atoms with Crippen LogP contribution in [0.1, 0.15) is 17.5 Å². The van der Waals surface area contributed by atoms with Crippen molar-refractivity contribution in [2.45, 2.75) is 19.4 Å². The molecule has 0 unspecified atom stereocenters. The van der Waals surface area contributed by atoms with Crippen molar-refractivity contribution in [2.75, 3.05) is 11.9 Å².